The van der Waals surface area contributed by atoms with Gasteiger partial charge in [0, 0.05) is 16.7 Å². The second kappa shape index (κ2) is 2.58. The summed E-state index contributed by atoms with van der Waals surface area (Å²) >= 11 is 0. The molecule has 0 aromatic heterocycles. The summed E-state index contributed by atoms with van der Waals surface area (Å²) < 4.78 is 5.49. The van der Waals surface area contributed by atoms with Crippen LogP contribution in [0.15, 0.2) is 58.9 Å². The predicted molar refractivity (Wildman–Crippen MR) is 52.4 cm³/mol. The van der Waals surface area contributed by atoms with E-state index < -0.39 is 0 Å². The Morgan fingerprint density at radius 3 is 3.07 bits per heavy atom. The summed E-state index contributed by atoms with van der Waals surface area (Å²) in [7, 11) is 0. The highest BCUT2D eigenvalue weighted by Crippen LogP contribution is 2.33. The van der Waals surface area contributed by atoms with Crippen LogP contribution in [-0.2, 0) is 9.53 Å². The minimum atomic E-state index is 0.0638. The second-order valence-corrected chi connectivity index (χ2v) is 3.35. The normalized spacial score (nSPS) is 22.7. The zero-order valence-electron chi connectivity index (χ0n) is 7.49. The van der Waals surface area contributed by atoms with Crippen LogP contribution >= 0.6 is 0 Å². The Bertz CT molecular complexity index is 471. The van der Waals surface area contributed by atoms with Crippen LogP contribution in [0.1, 0.15) is 0 Å². The number of fused-ring (bicyclic) bond motifs is 2. The quantitative estimate of drug-likeness (QED) is 0.574. The smallest absolute Gasteiger partial charge is 0.186 e. The van der Waals surface area contributed by atoms with E-state index in [0.717, 1.165) is 22.5 Å². The fourth-order valence-corrected chi connectivity index (χ4v) is 1.86. The molecule has 3 aliphatic rings. The topological polar surface area (TPSA) is 26.3 Å². The third-order valence-corrected chi connectivity index (χ3v) is 2.53. The van der Waals surface area contributed by atoms with Gasteiger partial charge >= 0.3 is 0 Å². The molecule has 0 unspecified atom stereocenters. The molecule has 0 atom stereocenters. The van der Waals surface area contributed by atoms with Crippen molar-refractivity contribution in [1.29, 1.82) is 0 Å². The average Bonchev–Trinajstić information content (AvgIpc) is 2.72. The van der Waals surface area contributed by atoms with Gasteiger partial charge in [0.05, 0.1) is 0 Å². The molecular weight excluding hydrogens is 176 g/mol. The molecule has 2 nitrogen and oxygen atoms in total. The predicted octanol–water partition coefficient (Wildman–Crippen LogP) is 1.83. The summed E-state index contributed by atoms with van der Waals surface area (Å²) in [5, 5.41) is 0. The second-order valence-electron chi connectivity index (χ2n) is 3.35. The maximum Gasteiger partial charge on any atom is 0.186 e. The Kier molecular flexibility index (Phi) is 1.39. The molecule has 3 rings (SSSR count). The van der Waals surface area contributed by atoms with Crippen LogP contribution in [-0.4, -0.2) is 12.4 Å². The first-order valence-electron chi connectivity index (χ1n) is 4.55. The van der Waals surface area contributed by atoms with Gasteiger partial charge in [-0.25, -0.2) is 0 Å². The number of carbonyl (C=O) groups excluding carboxylic acids is 1. The van der Waals surface area contributed by atoms with Crippen molar-refractivity contribution >= 4 is 5.78 Å². The van der Waals surface area contributed by atoms with Crippen molar-refractivity contribution in [2.45, 2.75) is 0 Å². The van der Waals surface area contributed by atoms with Crippen LogP contribution in [0.5, 0.6) is 0 Å². The van der Waals surface area contributed by atoms with Gasteiger partial charge in [-0.2, -0.15) is 0 Å². The van der Waals surface area contributed by atoms with Gasteiger partial charge in [0.1, 0.15) is 12.4 Å². The summed E-state index contributed by atoms with van der Waals surface area (Å²) in [6, 6.07) is 0. The maximum atomic E-state index is 11.5. The van der Waals surface area contributed by atoms with Crippen molar-refractivity contribution in [2.24, 2.45) is 0 Å². The third-order valence-electron chi connectivity index (χ3n) is 2.53. The van der Waals surface area contributed by atoms with Crippen LogP contribution < -0.4 is 0 Å². The SMILES string of the molecule is O=C1C=CC2=C3OCC=C3C=CC=C12. The molecule has 0 bridgehead atoms. The monoisotopic (exact) mass is 184 g/mol. The number of hydrogen-bond donors (Lipinski definition) is 0. The number of rotatable bonds is 0. The van der Waals surface area contributed by atoms with Crippen LogP contribution in [0, 0.1) is 0 Å². The third kappa shape index (κ3) is 0.880. The minimum absolute atomic E-state index is 0.0638. The van der Waals surface area contributed by atoms with E-state index in [9.17, 15) is 4.79 Å². The van der Waals surface area contributed by atoms with Crippen molar-refractivity contribution in [1.82, 2.24) is 0 Å². The molecule has 0 saturated heterocycles. The molecule has 1 heterocycles. The summed E-state index contributed by atoms with van der Waals surface area (Å²) in [5.41, 5.74) is 2.73. The molecule has 0 N–H and O–H groups in total. The van der Waals surface area contributed by atoms with Gasteiger partial charge in [0.15, 0.2) is 5.78 Å². The molecule has 14 heavy (non-hydrogen) atoms. The molecule has 0 aromatic carbocycles. The first kappa shape index (κ1) is 7.56. The molecule has 1 aliphatic heterocycles. The lowest BCUT2D eigenvalue weighted by atomic mass is 10.1. The van der Waals surface area contributed by atoms with E-state index in [2.05, 4.69) is 0 Å². The molecule has 2 heteroatoms. The molecule has 0 saturated carbocycles. The van der Waals surface area contributed by atoms with Crippen molar-refractivity contribution < 1.29 is 9.53 Å². The summed E-state index contributed by atoms with van der Waals surface area (Å²) in [5.74, 6) is 0.904. The Hall–Kier alpha value is -1.83. The largest absolute Gasteiger partial charge is 0.488 e. The highest BCUT2D eigenvalue weighted by molar-refractivity contribution is 6.12. The van der Waals surface area contributed by atoms with E-state index in [1.165, 1.54) is 0 Å². The van der Waals surface area contributed by atoms with Gasteiger partial charge in [0.2, 0.25) is 0 Å². The van der Waals surface area contributed by atoms with Gasteiger partial charge in [-0.1, -0.05) is 18.2 Å². The van der Waals surface area contributed by atoms with Gasteiger partial charge in [0.25, 0.3) is 0 Å². The van der Waals surface area contributed by atoms with Crippen LogP contribution in [0.2, 0.25) is 0 Å². The zero-order chi connectivity index (χ0) is 9.54. The number of hydrogen-bond acceptors (Lipinski definition) is 2. The lowest BCUT2D eigenvalue weighted by Crippen LogP contribution is -1.96. The lowest BCUT2D eigenvalue weighted by molar-refractivity contribution is -0.110. The molecule has 0 aromatic rings. The lowest BCUT2D eigenvalue weighted by Gasteiger charge is -2.04. The van der Waals surface area contributed by atoms with E-state index in [4.69, 9.17) is 4.74 Å². The van der Waals surface area contributed by atoms with Crippen molar-refractivity contribution in [3.8, 4) is 0 Å². The van der Waals surface area contributed by atoms with E-state index >= 15 is 0 Å². The highest BCUT2D eigenvalue weighted by Gasteiger charge is 2.25. The van der Waals surface area contributed by atoms with Gasteiger partial charge in [-0.15, -0.1) is 0 Å². The Labute approximate surface area is 81.6 Å². The number of allylic oxidation sites excluding steroid dienone is 7. The molecule has 0 fully saturated rings. The van der Waals surface area contributed by atoms with Crippen LogP contribution in [0.4, 0.5) is 0 Å². The van der Waals surface area contributed by atoms with Crippen molar-refractivity contribution in [2.75, 3.05) is 6.61 Å². The Balaban J connectivity index is 2.26. The van der Waals surface area contributed by atoms with Gasteiger partial charge < -0.3 is 4.74 Å². The molecule has 2 aliphatic carbocycles. The van der Waals surface area contributed by atoms with E-state index in [1.807, 2.05) is 30.4 Å². The van der Waals surface area contributed by atoms with Crippen molar-refractivity contribution in [3.63, 3.8) is 0 Å². The summed E-state index contributed by atoms with van der Waals surface area (Å²) in [6.07, 6.45) is 11.2. The number of ketones is 1. The first-order chi connectivity index (χ1) is 6.86. The van der Waals surface area contributed by atoms with Crippen LogP contribution in [0.25, 0.3) is 0 Å². The number of carbonyl (C=O) groups is 1. The van der Waals surface area contributed by atoms with Crippen LogP contribution in [0.3, 0.4) is 0 Å². The first-order valence-corrected chi connectivity index (χ1v) is 4.55. The van der Waals surface area contributed by atoms with Gasteiger partial charge in [-0.05, 0) is 18.2 Å². The Morgan fingerprint density at radius 1 is 1.21 bits per heavy atom. The fourth-order valence-electron chi connectivity index (χ4n) is 1.86. The molecule has 0 radical (unpaired) electrons. The highest BCUT2D eigenvalue weighted by atomic mass is 16.5. The average molecular weight is 184 g/mol. The minimum Gasteiger partial charge on any atom is -0.488 e. The molecule has 0 spiro atoms. The van der Waals surface area contributed by atoms with E-state index in [0.29, 0.717) is 6.61 Å². The zero-order valence-corrected chi connectivity index (χ0v) is 7.49. The van der Waals surface area contributed by atoms with E-state index in [-0.39, 0.29) is 5.78 Å². The molecule has 68 valence electrons. The Morgan fingerprint density at radius 2 is 2.14 bits per heavy atom. The molecule has 0 amide bonds. The van der Waals surface area contributed by atoms with Crippen molar-refractivity contribution in [3.05, 3.63) is 58.9 Å². The fraction of sp³-hybridized carbons (Fsp3) is 0.0833. The maximum absolute atomic E-state index is 11.5. The molecular formula is C12H8O2. The summed E-state index contributed by atoms with van der Waals surface area (Å²) in [6.45, 7) is 0.605. The van der Waals surface area contributed by atoms with E-state index in [1.54, 1.807) is 6.08 Å². The number of ether oxygens (including phenoxy) is 1. The standard InChI is InChI=1S/C12H8O2/c13-11-5-4-10-9(11)3-1-2-8-6-7-14-12(8)10/h1-6H,7H2. The summed E-state index contributed by atoms with van der Waals surface area (Å²) in [4.78, 5) is 11.5. The van der Waals surface area contributed by atoms with Gasteiger partial charge in [-0.3, -0.25) is 4.79 Å².